The summed E-state index contributed by atoms with van der Waals surface area (Å²) in [5, 5.41) is 11.3. The molecule has 0 aliphatic heterocycles. The molecule has 0 unspecified atom stereocenters. The molecule has 98 valence electrons. The van der Waals surface area contributed by atoms with Gasteiger partial charge in [0.15, 0.2) is 0 Å². The minimum atomic E-state index is -1.07. The molecule has 0 saturated heterocycles. The number of aryl methyl sites for hydroxylation is 1. The van der Waals surface area contributed by atoms with Gasteiger partial charge in [0.1, 0.15) is 17.3 Å². The Morgan fingerprint density at radius 1 is 1.37 bits per heavy atom. The second-order valence-electron chi connectivity index (χ2n) is 3.97. The number of carboxylic acid groups (broad SMARTS) is 1. The molecule has 0 aromatic carbocycles. The highest BCUT2D eigenvalue weighted by atomic mass is 16.4. The van der Waals surface area contributed by atoms with Gasteiger partial charge in [0.2, 0.25) is 5.91 Å². The van der Waals surface area contributed by atoms with Gasteiger partial charge >= 0.3 is 5.97 Å². The smallest absolute Gasteiger partial charge is 0.335 e. The second-order valence-corrected chi connectivity index (χ2v) is 3.97. The minimum absolute atomic E-state index is 0.0687. The Hall–Kier alpha value is -2.63. The Labute approximate surface area is 109 Å². The maximum Gasteiger partial charge on any atom is 0.335 e. The number of nitrogens with zero attached hydrogens (tertiary/aromatic N) is 1. The van der Waals surface area contributed by atoms with Crippen molar-refractivity contribution in [1.29, 1.82) is 0 Å². The molecule has 0 radical (unpaired) electrons. The Kier molecular flexibility index (Phi) is 3.61. The van der Waals surface area contributed by atoms with Crippen LogP contribution in [0.4, 0.5) is 5.82 Å². The molecule has 2 aromatic rings. The van der Waals surface area contributed by atoms with Crippen molar-refractivity contribution in [3.63, 3.8) is 0 Å². The van der Waals surface area contributed by atoms with Gasteiger partial charge in [0, 0.05) is 6.20 Å². The van der Waals surface area contributed by atoms with Gasteiger partial charge in [-0.2, -0.15) is 0 Å². The third kappa shape index (κ3) is 3.41. The summed E-state index contributed by atoms with van der Waals surface area (Å²) in [6.07, 6.45) is 1.41. The fraction of sp³-hybridized carbons (Fsp3) is 0.154. The molecule has 0 aliphatic carbocycles. The van der Waals surface area contributed by atoms with E-state index in [9.17, 15) is 9.59 Å². The number of carbonyl (C=O) groups excluding carboxylic acids is 1. The summed E-state index contributed by atoms with van der Waals surface area (Å²) >= 11 is 0. The SMILES string of the molecule is Cc1ccc(CC(=O)Nc2cc(C(=O)O)ccn2)o1. The van der Waals surface area contributed by atoms with Crippen LogP contribution in [0.25, 0.3) is 0 Å². The van der Waals surface area contributed by atoms with Crippen LogP contribution in [-0.2, 0) is 11.2 Å². The highest BCUT2D eigenvalue weighted by Gasteiger charge is 2.09. The lowest BCUT2D eigenvalue weighted by Crippen LogP contribution is -2.15. The van der Waals surface area contributed by atoms with Crippen LogP contribution < -0.4 is 5.32 Å². The molecule has 0 atom stereocenters. The van der Waals surface area contributed by atoms with Crippen LogP contribution in [0.3, 0.4) is 0 Å². The van der Waals surface area contributed by atoms with E-state index in [1.165, 1.54) is 18.3 Å². The van der Waals surface area contributed by atoms with Gasteiger partial charge in [-0.15, -0.1) is 0 Å². The number of nitrogens with one attached hydrogen (secondary N) is 1. The van der Waals surface area contributed by atoms with E-state index in [-0.39, 0.29) is 23.7 Å². The van der Waals surface area contributed by atoms with E-state index in [0.29, 0.717) is 5.76 Å². The standard InChI is InChI=1S/C13H12N2O4/c1-8-2-3-10(19-8)7-12(16)15-11-6-9(13(17)18)4-5-14-11/h2-6H,7H2,1H3,(H,17,18)(H,14,15,16). The summed E-state index contributed by atoms with van der Waals surface area (Å²) in [5.41, 5.74) is 0.0687. The Morgan fingerprint density at radius 2 is 2.16 bits per heavy atom. The molecule has 2 aromatic heterocycles. The quantitative estimate of drug-likeness (QED) is 0.875. The number of carbonyl (C=O) groups is 2. The summed E-state index contributed by atoms with van der Waals surface area (Å²) in [6, 6.07) is 6.14. The fourth-order valence-corrected chi connectivity index (χ4v) is 1.56. The molecule has 1 amide bonds. The van der Waals surface area contributed by atoms with E-state index < -0.39 is 5.97 Å². The number of furan rings is 1. The molecule has 0 aliphatic rings. The van der Waals surface area contributed by atoms with Crippen molar-refractivity contribution < 1.29 is 19.1 Å². The Balaban J connectivity index is 2.02. The van der Waals surface area contributed by atoms with Crippen molar-refractivity contribution in [2.45, 2.75) is 13.3 Å². The Bertz CT molecular complexity index is 619. The number of rotatable bonds is 4. The zero-order chi connectivity index (χ0) is 13.8. The lowest BCUT2D eigenvalue weighted by molar-refractivity contribution is -0.115. The number of hydrogen-bond donors (Lipinski definition) is 2. The lowest BCUT2D eigenvalue weighted by atomic mass is 10.2. The van der Waals surface area contributed by atoms with E-state index in [4.69, 9.17) is 9.52 Å². The number of pyridine rings is 1. The topological polar surface area (TPSA) is 92.4 Å². The predicted molar refractivity (Wildman–Crippen MR) is 67.0 cm³/mol. The maximum absolute atomic E-state index is 11.7. The zero-order valence-electron chi connectivity index (χ0n) is 10.2. The van der Waals surface area contributed by atoms with Crippen LogP contribution in [0, 0.1) is 6.92 Å². The van der Waals surface area contributed by atoms with E-state index in [2.05, 4.69) is 10.3 Å². The number of carboxylic acids is 1. The molecule has 0 saturated carbocycles. The average molecular weight is 260 g/mol. The summed E-state index contributed by atoms with van der Waals surface area (Å²) < 4.78 is 5.28. The summed E-state index contributed by atoms with van der Waals surface area (Å²) in [6.45, 7) is 1.79. The van der Waals surface area contributed by atoms with E-state index >= 15 is 0 Å². The van der Waals surface area contributed by atoms with Crippen molar-refractivity contribution in [3.05, 3.63) is 47.5 Å². The molecule has 2 heterocycles. The normalized spacial score (nSPS) is 10.2. The van der Waals surface area contributed by atoms with Gasteiger partial charge in [-0.1, -0.05) is 0 Å². The van der Waals surface area contributed by atoms with E-state index in [1.54, 1.807) is 19.1 Å². The molecule has 6 heteroatoms. The first-order chi connectivity index (χ1) is 9.04. The molecule has 2 rings (SSSR count). The number of hydrogen-bond acceptors (Lipinski definition) is 4. The first-order valence-electron chi connectivity index (χ1n) is 5.59. The third-order valence-corrected chi connectivity index (χ3v) is 2.41. The van der Waals surface area contributed by atoms with Crippen LogP contribution in [0.1, 0.15) is 21.9 Å². The first-order valence-corrected chi connectivity index (χ1v) is 5.59. The monoisotopic (exact) mass is 260 g/mol. The van der Waals surface area contributed by atoms with Crippen molar-refractivity contribution in [1.82, 2.24) is 4.98 Å². The van der Waals surface area contributed by atoms with Crippen molar-refractivity contribution in [2.24, 2.45) is 0 Å². The molecule has 19 heavy (non-hydrogen) atoms. The number of aromatic nitrogens is 1. The highest BCUT2D eigenvalue weighted by Crippen LogP contribution is 2.10. The molecule has 0 bridgehead atoms. The first kappa shape index (κ1) is 12.8. The molecule has 6 nitrogen and oxygen atoms in total. The second kappa shape index (κ2) is 5.34. The molecular weight excluding hydrogens is 248 g/mol. The van der Waals surface area contributed by atoms with Crippen molar-refractivity contribution in [2.75, 3.05) is 5.32 Å². The fourth-order valence-electron chi connectivity index (χ4n) is 1.56. The number of anilines is 1. The Morgan fingerprint density at radius 3 is 2.79 bits per heavy atom. The van der Waals surface area contributed by atoms with Crippen LogP contribution in [-0.4, -0.2) is 22.0 Å². The number of aromatic carboxylic acids is 1. The van der Waals surface area contributed by atoms with Gasteiger partial charge in [-0.05, 0) is 31.2 Å². The van der Waals surface area contributed by atoms with Crippen LogP contribution in [0.2, 0.25) is 0 Å². The van der Waals surface area contributed by atoms with Gasteiger partial charge in [-0.25, -0.2) is 9.78 Å². The lowest BCUT2D eigenvalue weighted by Gasteiger charge is -2.03. The highest BCUT2D eigenvalue weighted by molar-refractivity contribution is 5.93. The summed E-state index contributed by atoms with van der Waals surface area (Å²) in [4.78, 5) is 26.4. The summed E-state index contributed by atoms with van der Waals surface area (Å²) in [5.74, 6) is 0.0929. The van der Waals surface area contributed by atoms with Crippen LogP contribution in [0.15, 0.2) is 34.9 Å². The predicted octanol–water partition coefficient (Wildman–Crippen LogP) is 1.86. The average Bonchev–Trinajstić information content (AvgIpc) is 2.74. The molecule has 2 N–H and O–H groups in total. The third-order valence-electron chi connectivity index (χ3n) is 2.41. The van der Waals surface area contributed by atoms with Crippen LogP contribution in [0.5, 0.6) is 0 Å². The zero-order valence-corrected chi connectivity index (χ0v) is 10.2. The molecular formula is C13H12N2O4. The van der Waals surface area contributed by atoms with Gasteiger partial charge in [0.05, 0.1) is 12.0 Å². The van der Waals surface area contributed by atoms with Gasteiger partial charge < -0.3 is 14.8 Å². The minimum Gasteiger partial charge on any atom is -0.478 e. The number of amides is 1. The summed E-state index contributed by atoms with van der Waals surface area (Å²) in [7, 11) is 0. The molecule has 0 spiro atoms. The van der Waals surface area contributed by atoms with E-state index in [1.807, 2.05) is 0 Å². The van der Waals surface area contributed by atoms with Gasteiger partial charge in [0.25, 0.3) is 0 Å². The molecule has 0 fully saturated rings. The largest absolute Gasteiger partial charge is 0.478 e. The van der Waals surface area contributed by atoms with Gasteiger partial charge in [-0.3, -0.25) is 4.79 Å². The van der Waals surface area contributed by atoms with Crippen molar-refractivity contribution in [3.8, 4) is 0 Å². The van der Waals surface area contributed by atoms with Crippen LogP contribution >= 0.6 is 0 Å². The maximum atomic E-state index is 11.7. The van der Waals surface area contributed by atoms with E-state index in [0.717, 1.165) is 5.76 Å². The van der Waals surface area contributed by atoms with Crippen molar-refractivity contribution >= 4 is 17.7 Å².